The fourth-order valence-corrected chi connectivity index (χ4v) is 5.68. The summed E-state index contributed by atoms with van der Waals surface area (Å²) in [6, 6.07) is 29.4. The Morgan fingerprint density at radius 3 is 2.48 bits per heavy atom. The normalized spacial score (nSPS) is 14.8. The number of benzene rings is 4. The van der Waals surface area contributed by atoms with Crippen molar-refractivity contribution < 1.29 is 9.53 Å². The van der Waals surface area contributed by atoms with Crippen molar-refractivity contribution in [3.63, 3.8) is 0 Å². The van der Waals surface area contributed by atoms with E-state index in [1.165, 1.54) is 5.01 Å². The van der Waals surface area contributed by atoms with Gasteiger partial charge in [-0.15, -0.1) is 0 Å². The van der Waals surface area contributed by atoms with Crippen LogP contribution in [0.5, 0.6) is 5.75 Å². The lowest BCUT2D eigenvalue weighted by Gasteiger charge is -2.22. The van der Waals surface area contributed by atoms with Crippen molar-refractivity contribution in [1.82, 2.24) is 9.99 Å². The predicted octanol–water partition coefficient (Wildman–Crippen LogP) is 7.61. The average molecular weight is 613 g/mol. The van der Waals surface area contributed by atoms with Crippen molar-refractivity contribution in [2.45, 2.75) is 12.5 Å². The topological polar surface area (TPSA) is 74.8 Å². The van der Waals surface area contributed by atoms with Crippen LogP contribution in [0.4, 0.5) is 0 Å². The molecule has 0 bridgehead atoms. The first-order valence-electron chi connectivity index (χ1n) is 12.6. The summed E-state index contributed by atoms with van der Waals surface area (Å²) in [4.78, 5) is 30.6. The second-order valence-electron chi connectivity index (χ2n) is 9.46. The van der Waals surface area contributed by atoms with Gasteiger partial charge in [-0.2, -0.15) is 5.10 Å². The van der Waals surface area contributed by atoms with Gasteiger partial charge in [-0.25, -0.2) is 5.01 Å². The third-order valence-electron chi connectivity index (χ3n) is 7.02. The molecule has 1 N–H and O–H groups in total. The molecule has 0 radical (unpaired) electrons. The van der Waals surface area contributed by atoms with Gasteiger partial charge in [-0.05, 0) is 59.7 Å². The van der Waals surface area contributed by atoms with Crippen LogP contribution in [0.15, 0.2) is 111 Å². The number of halogens is 2. The molecule has 1 aliphatic heterocycles. The monoisotopic (exact) mass is 611 g/mol. The second kappa shape index (κ2) is 10.8. The maximum atomic E-state index is 13.8. The molecule has 1 atom stereocenters. The summed E-state index contributed by atoms with van der Waals surface area (Å²) in [6.45, 7) is 0. The van der Waals surface area contributed by atoms with Crippen LogP contribution >= 0.6 is 27.5 Å². The van der Waals surface area contributed by atoms with Gasteiger partial charge in [-0.1, -0.05) is 76.1 Å². The van der Waals surface area contributed by atoms with Crippen LogP contribution in [-0.2, 0) is 0 Å². The summed E-state index contributed by atoms with van der Waals surface area (Å²) < 4.78 is 6.22. The maximum Gasteiger partial charge on any atom is 0.274 e. The van der Waals surface area contributed by atoms with E-state index < -0.39 is 6.04 Å². The quantitative estimate of drug-likeness (QED) is 0.222. The number of nitrogens with zero attached hydrogens (tertiary/aromatic N) is 2. The zero-order valence-corrected chi connectivity index (χ0v) is 23.7. The highest BCUT2D eigenvalue weighted by Gasteiger charge is 2.36. The van der Waals surface area contributed by atoms with Gasteiger partial charge in [0.25, 0.3) is 11.5 Å². The molecular formula is C32H23BrClN3O3. The van der Waals surface area contributed by atoms with Gasteiger partial charge in [0.05, 0.1) is 24.4 Å². The summed E-state index contributed by atoms with van der Waals surface area (Å²) in [5.41, 5.74) is 4.35. The van der Waals surface area contributed by atoms with E-state index in [9.17, 15) is 9.59 Å². The number of nitrogens with one attached hydrogen (secondary N) is 1. The lowest BCUT2D eigenvalue weighted by molar-refractivity contribution is 0.0711. The molecule has 1 amide bonds. The Bertz CT molecular complexity index is 1840. The van der Waals surface area contributed by atoms with Gasteiger partial charge in [0.15, 0.2) is 0 Å². The Balaban J connectivity index is 1.56. The number of hydrogen-bond acceptors (Lipinski definition) is 4. The minimum Gasteiger partial charge on any atom is -0.497 e. The van der Waals surface area contributed by atoms with Crippen LogP contribution in [0.1, 0.15) is 33.9 Å². The summed E-state index contributed by atoms with van der Waals surface area (Å²) in [5.74, 6) is 0.401. The number of methoxy groups -OCH3 is 1. The standard InChI is InChI=1S/C32H23BrClN3O3/c1-40-24-13-10-19(11-14-24)28-18-27(36-37(28)32(39)21-8-5-9-23(34)16-21)30-29(20-6-3-2-4-7-20)25-17-22(33)12-15-26(25)35-31(30)38/h2-17,28H,18H2,1H3,(H,35,38)/t28-/m1/s1. The highest BCUT2D eigenvalue weighted by molar-refractivity contribution is 9.10. The largest absolute Gasteiger partial charge is 0.497 e. The number of carbonyl (C=O) groups excluding carboxylic acids is 1. The van der Waals surface area contributed by atoms with E-state index in [-0.39, 0.29) is 11.5 Å². The van der Waals surface area contributed by atoms with Gasteiger partial charge in [0.1, 0.15) is 5.75 Å². The van der Waals surface area contributed by atoms with Crippen molar-refractivity contribution in [2.24, 2.45) is 5.10 Å². The molecule has 6 nitrogen and oxygen atoms in total. The molecule has 2 heterocycles. The molecule has 0 fully saturated rings. The zero-order valence-electron chi connectivity index (χ0n) is 21.4. The number of amides is 1. The van der Waals surface area contributed by atoms with Crippen LogP contribution in [-0.4, -0.2) is 28.7 Å². The van der Waals surface area contributed by atoms with Crippen molar-refractivity contribution in [3.05, 3.63) is 134 Å². The number of rotatable bonds is 5. The molecule has 0 unspecified atom stereocenters. The fraction of sp³-hybridized carbons (Fsp3) is 0.0938. The number of pyridine rings is 1. The summed E-state index contributed by atoms with van der Waals surface area (Å²) in [5, 5.41) is 7.63. The van der Waals surface area contributed by atoms with Crippen molar-refractivity contribution in [3.8, 4) is 16.9 Å². The van der Waals surface area contributed by atoms with Crippen LogP contribution < -0.4 is 10.3 Å². The molecule has 1 aliphatic rings. The molecule has 198 valence electrons. The maximum absolute atomic E-state index is 13.8. The van der Waals surface area contributed by atoms with E-state index in [4.69, 9.17) is 21.4 Å². The third-order valence-corrected chi connectivity index (χ3v) is 7.75. The Kier molecular flexibility index (Phi) is 7.00. The molecule has 0 saturated carbocycles. The molecule has 6 rings (SSSR count). The third kappa shape index (κ3) is 4.83. The summed E-state index contributed by atoms with van der Waals surface area (Å²) in [7, 11) is 1.61. The van der Waals surface area contributed by atoms with Gasteiger partial charge in [-0.3, -0.25) is 9.59 Å². The van der Waals surface area contributed by atoms with Gasteiger partial charge >= 0.3 is 0 Å². The fourth-order valence-electron chi connectivity index (χ4n) is 5.13. The Hall–Kier alpha value is -4.20. The smallest absolute Gasteiger partial charge is 0.274 e. The van der Waals surface area contributed by atoms with Crippen LogP contribution in [0.3, 0.4) is 0 Å². The van der Waals surface area contributed by atoms with Crippen LogP contribution in [0.25, 0.3) is 22.0 Å². The first kappa shape index (κ1) is 26.0. The van der Waals surface area contributed by atoms with E-state index in [0.29, 0.717) is 39.5 Å². The number of carbonyl (C=O) groups is 1. The molecule has 0 spiro atoms. The van der Waals surface area contributed by atoms with Crippen molar-refractivity contribution in [1.29, 1.82) is 0 Å². The van der Waals surface area contributed by atoms with Crippen LogP contribution in [0.2, 0.25) is 5.02 Å². The molecule has 1 aromatic heterocycles. The van der Waals surface area contributed by atoms with E-state index >= 15 is 0 Å². The van der Waals surface area contributed by atoms with E-state index in [2.05, 4.69) is 20.9 Å². The van der Waals surface area contributed by atoms with Gasteiger partial charge in [0, 0.05) is 37.9 Å². The Labute approximate surface area is 244 Å². The SMILES string of the molecule is COc1ccc([C@H]2CC(c3c(-c4ccccc4)c4cc(Br)ccc4[nH]c3=O)=NN2C(=O)c2cccc(Cl)c2)cc1. The number of fused-ring (bicyclic) bond motifs is 1. The van der Waals surface area contributed by atoms with Crippen molar-refractivity contribution in [2.75, 3.05) is 7.11 Å². The number of H-pyrrole nitrogens is 1. The Morgan fingerprint density at radius 1 is 0.975 bits per heavy atom. The van der Waals surface area contributed by atoms with E-state index in [1.54, 1.807) is 31.4 Å². The zero-order chi connectivity index (χ0) is 27.8. The lowest BCUT2D eigenvalue weighted by Crippen LogP contribution is -2.27. The molecular weight excluding hydrogens is 590 g/mol. The molecule has 40 heavy (non-hydrogen) atoms. The summed E-state index contributed by atoms with van der Waals surface area (Å²) >= 11 is 9.80. The van der Waals surface area contributed by atoms with Crippen LogP contribution in [0, 0.1) is 0 Å². The number of hydrazone groups is 1. The molecule has 0 aliphatic carbocycles. The van der Waals surface area contributed by atoms with Gasteiger partial charge < -0.3 is 9.72 Å². The molecule has 4 aromatic carbocycles. The number of ether oxygens (including phenoxy) is 1. The number of hydrogen-bond donors (Lipinski definition) is 1. The van der Waals surface area contributed by atoms with E-state index in [1.807, 2.05) is 72.8 Å². The summed E-state index contributed by atoms with van der Waals surface area (Å²) in [6.07, 6.45) is 0.348. The Morgan fingerprint density at radius 2 is 1.75 bits per heavy atom. The predicted molar refractivity (Wildman–Crippen MR) is 162 cm³/mol. The minimum absolute atomic E-state index is 0.266. The van der Waals surface area contributed by atoms with E-state index in [0.717, 1.165) is 26.5 Å². The highest BCUT2D eigenvalue weighted by atomic mass is 79.9. The molecule has 5 aromatic rings. The molecule has 0 saturated heterocycles. The minimum atomic E-state index is -0.436. The highest BCUT2D eigenvalue weighted by Crippen LogP contribution is 2.38. The lowest BCUT2D eigenvalue weighted by atomic mass is 9.91. The molecule has 8 heteroatoms. The first-order chi connectivity index (χ1) is 19.4. The number of aromatic amines is 1. The first-order valence-corrected chi connectivity index (χ1v) is 13.8. The number of aromatic nitrogens is 1. The van der Waals surface area contributed by atoms with Crippen molar-refractivity contribution >= 4 is 50.1 Å². The average Bonchev–Trinajstić information content (AvgIpc) is 3.41. The van der Waals surface area contributed by atoms with Gasteiger partial charge in [0.2, 0.25) is 0 Å². The second-order valence-corrected chi connectivity index (χ2v) is 10.8.